The summed E-state index contributed by atoms with van der Waals surface area (Å²) in [6.45, 7) is 7.57. The Morgan fingerprint density at radius 3 is 2.23 bits per heavy atom. The second-order valence-electron chi connectivity index (χ2n) is 9.61. The van der Waals surface area contributed by atoms with E-state index in [2.05, 4.69) is 15.5 Å². The molecular formula is C27H34N4O4. The first-order valence-corrected chi connectivity index (χ1v) is 12.3. The number of nitrogens with zero attached hydrogens (tertiary/aromatic N) is 2. The molecule has 0 radical (unpaired) electrons. The van der Waals surface area contributed by atoms with Gasteiger partial charge in [0.1, 0.15) is 6.04 Å². The first kappa shape index (κ1) is 24.9. The number of carbonyl (C=O) groups excluding carboxylic acids is 3. The highest BCUT2D eigenvalue weighted by atomic mass is 16.5. The van der Waals surface area contributed by atoms with Gasteiger partial charge in [-0.15, -0.1) is 0 Å². The van der Waals surface area contributed by atoms with Crippen LogP contribution in [0.5, 0.6) is 0 Å². The van der Waals surface area contributed by atoms with E-state index in [1.165, 1.54) is 0 Å². The second-order valence-corrected chi connectivity index (χ2v) is 9.61. The lowest BCUT2D eigenvalue weighted by molar-refractivity contribution is -0.140. The molecule has 2 aliphatic rings. The number of benzene rings is 2. The molecule has 2 N–H and O–H groups in total. The van der Waals surface area contributed by atoms with E-state index in [9.17, 15) is 14.4 Å². The van der Waals surface area contributed by atoms with Crippen molar-refractivity contribution >= 4 is 29.1 Å². The van der Waals surface area contributed by atoms with Crippen molar-refractivity contribution in [1.29, 1.82) is 0 Å². The number of hydrogen-bond donors (Lipinski definition) is 2. The Kier molecular flexibility index (Phi) is 8.15. The van der Waals surface area contributed by atoms with Crippen LogP contribution in [-0.2, 0) is 32.1 Å². The van der Waals surface area contributed by atoms with Gasteiger partial charge in [-0.2, -0.15) is 0 Å². The van der Waals surface area contributed by atoms with Gasteiger partial charge in [0.15, 0.2) is 0 Å². The van der Waals surface area contributed by atoms with Crippen LogP contribution in [0.1, 0.15) is 31.4 Å². The molecule has 0 aliphatic carbocycles. The van der Waals surface area contributed by atoms with E-state index in [4.69, 9.17) is 4.74 Å². The SMILES string of the molecule is CC(C)CC(=O)N1Cc2ccccc2CC1C(=O)Nc1ccc(NC(=O)CN2CCOCC2)cc1. The molecule has 2 aromatic carbocycles. The molecular weight excluding hydrogens is 444 g/mol. The lowest BCUT2D eigenvalue weighted by atomic mass is 9.92. The zero-order chi connectivity index (χ0) is 24.8. The van der Waals surface area contributed by atoms with Crippen molar-refractivity contribution in [3.63, 3.8) is 0 Å². The summed E-state index contributed by atoms with van der Waals surface area (Å²) in [6, 6.07) is 14.5. The van der Waals surface area contributed by atoms with E-state index < -0.39 is 6.04 Å². The van der Waals surface area contributed by atoms with E-state index in [0.29, 0.717) is 50.5 Å². The van der Waals surface area contributed by atoms with Crippen molar-refractivity contribution in [2.24, 2.45) is 5.92 Å². The minimum Gasteiger partial charge on any atom is -0.379 e. The largest absolute Gasteiger partial charge is 0.379 e. The van der Waals surface area contributed by atoms with Crippen LogP contribution in [0.4, 0.5) is 11.4 Å². The van der Waals surface area contributed by atoms with Crippen molar-refractivity contribution in [3.8, 4) is 0 Å². The molecule has 1 saturated heterocycles. The predicted octanol–water partition coefficient (Wildman–Crippen LogP) is 2.90. The van der Waals surface area contributed by atoms with Crippen molar-refractivity contribution in [2.45, 2.75) is 39.3 Å². The number of ether oxygens (including phenoxy) is 1. The van der Waals surface area contributed by atoms with Gasteiger partial charge in [0.2, 0.25) is 17.7 Å². The number of rotatable bonds is 7. The van der Waals surface area contributed by atoms with Gasteiger partial charge in [-0.1, -0.05) is 38.1 Å². The molecule has 2 aromatic rings. The highest BCUT2D eigenvalue weighted by molar-refractivity contribution is 5.98. The number of anilines is 2. The number of hydrogen-bond acceptors (Lipinski definition) is 5. The molecule has 1 atom stereocenters. The third-order valence-corrected chi connectivity index (χ3v) is 6.36. The van der Waals surface area contributed by atoms with Crippen LogP contribution in [0.3, 0.4) is 0 Å². The standard InChI is InChI=1S/C27H34N4O4/c1-19(2)15-26(33)31-17-21-6-4-3-5-20(21)16-24(31)27(34)29-23-9-7-22(8-10-23)28-25(32)18-30-11-13-35-14-12-30/h3-10,19,24H,11-18H2,1-2H3,(H,28,32)(H,29,34). The lowest BCUT2D eigenvalue weighted by Gasteiger charge is -2.36. The predicted molar refractivity (Wildman–Crippen MR) is 135 cm³/mol. The average molecular weight is 479 g/mol. The van der Waals surface area contributed by atoms with E-state index in [0.717, 1.165) is 24.2 Å². The third kappa shape index (κ3) is 6.68. The fourth-order valence-corrected chi connectivity index (χ4v) is 4.51. The summed E-state index contributed by atoms with van der Waals surface area (Å²) >= 11 is 0. The number of carbonyl (C=O) groups is 3. The van der Waals surface area contributed by atoms with Gasteiger partial charge in [-0.3, -0.25) is 19.3 Å². The molecule has 8 heteroatoms. The average Bonchev–Trinajstić information content (AvgIpc) is 2.84. The summed E-state index contributed by atoms with van der Waals surface area (Å²) < 4.78 is 5.31. The first-order chi connectivity index (χ1) is 16.9. The fourth-order valence-electron chi connectivity index (χ4n) is 4.51. The molecule has 8 nitrogen and oxygen atoms in total. The van der Waals surface area contributed by atoms with Gasteiger partial charge >= 0.3 is 0 Å². The van der Waals surface area contributed by atoms with E-state index in [1.807, 2.05) is 38.1 Å². The Balaban J connectivity index is 1.39. The molecule has 0 saturated carbocycles. The highest BCUT2D eigenvalue weighted by Gasteiger charge is 2.34. The molecule has 35 heavy (non-hydrogen) atoms. The topological polar surface area (TPSA) is 91.0 Å². The number of fused-ring (bicyclic) bond motifs is 1. The molecule has 3 amide bonds. The van der Waals surface area contributed by atoms with Crippen molar-refractivity contribution in [1.82, 2.24) is 9.80 Å². The molecule has 0 aromatic heterocycles. The summed E-state index contributed by atoms with van der Waals surface area (Å²) in [7, 11) is 0. The van der Waals surface area contributed by atoms with Gasteiger partial charge in [-0.05, 0) is 41.3 Å². The minimum atomic E-state index is -0.566. The third-order valence-electron chi connectivity index (χ3n) is 6.36. The first-order valence-electron chi connectivity index (χ1n) is 12.3. The van der Waals surface area contributed by atoms with Crippen LogP contribution in [0.25, 0.3) is 0 Å². The zero-order valence-electron chi connectivity index (χ0n) is 20.5. The molecule has 2 heterocycles. The van der Waals surface area contributed by atoms with E-state index in [1.54, 1.807) is 29.2 Å². The van der Waals surface area contributed by atoms with Crippen molar-refractivity contribution in [2.75, 3.05) is 43.5 Å². The van der Waals surface area contributed by atoms with Crippen LogP contribution in [0.15, 0.2) is 48.5 Å². The minimum absolute atomic E-state index is 0.00650. The summed E-state index contributed by atoms with van der Waals surface area (Å²) in [5.41, 5.74) is 3.48. The number of morpholine rings is 1. The van der Waals surface area contributed by atoms with Gasteiger partial charge in [0, 0.05) is 43.9 Å². The summed E-state index contributed by atoms with van der Waals surface area (Å²) in [5, 5.41) is 5.86. The fraction of sp³-hybridized carbons (Fsp3) is 0.444. The van der Waals surface area contributed by atoms with E-state index >= 15 is 0 Å². The zero-order valence-corrected chi connectivity index (χ0v) is 20.5. The number of nitrogens with one attached hydrogen (secondary N) is 2. The number of amides is 3. The summed E-state index contributed by atoms with van der Waals surface area (Å²) in [5.74, 6) is -0.0769. The maximum Gasteiger partial charge on any atom is 0.247 e. The van der Waals surface area contributed by atoms with E-state index in [-0.39, 0.29) is 23.6 Å². The van der Waals surface area contributed by atoms with Crippen LogP contribution in [0, 0.1) is 5.92 Å². The maximum absolute atomic E-state index is 13.3. The van der Waals surface area contributed by atoms with Crippen molar-refractivity contribution in [3.05, 3.63) is 59.7 Å². The molecule has 1 unspecified atom stereocenters. The Labute approximate surface area is 206 Å². The van der Waals surface area contributed by atoms with Crippen LogP contribution >= 0.6 is 0 Å². The lowest BCUT2D eigenvalue weighted by Crippen LogP contribution is -2.50. The Morgan fingerprint density at radius 1 is 0.943 bits per heavy atom. The van der Waals surface area contributed by atoms with Gasteiger partial charge in [-0.25, -0.2) is 0 Å². The quantitative estimate of drug-likeness (QED) is 0.639. The normalized spacial score (nSPS) is 18.1. The molecule has 1 fully saturated rings. The maximum atomic E-state index is 13.3. The molecule has 0 bridgehead atoms. The van der Waals surface area contributed by atoms with Gasteiger partial charge in [0.25, 0.3) is 0 Å². The summed E-state index contributed by atoms with van der Waals surface area (Å²) in [6.07, 6.45) is 0.895. The van der Waals surface area contributed by atoms with Crippen LogP contribution in [0.2, 0.25) is 0 Å². The monoisotopic (exact) mass is 478 g/mol. The second kappa shape index (κ2) is 11.5. The Morgan fingerprint density at radius 2 is 1.57 bits per heavy atom. The van der Waals surface area contributed by atoms with Crippen LogP contribution in [-0.4, -0.2) is 66.4 Å². The Hall–Kier alpha value is -3.23. The summed E-state index contributed by atoms with van der Waals surface area (Å²) in [4.78, 5) is 42.3. The molecule has 0 spiro atoms. The molecule has 4 rings (SSSR count). The van der Waals surface area contributed by atoms with Crippen molar-refractivity contribution < 1.29 is 19.1 Å². The Bertz CT molecular complexity index is 1050. The van der Waals surface area contributed by atoms with Gasteiger partial charge in [0.05, 0.1) is 19.8 Å². The highest BCUT2D eigenvalue weighted by Crippen LogP contribution is 2.26. The van der Waals surface area contributed by atoms with Crippen LogP contribution < -0.4 is 10.6 Å². The molecule has 2 aliphatic heterocycles. The van der Waals surface area contributed by atoms with Gasteiger partial charge < -0.3 is 20.3 Å². The molecule has 186 valence electrons. The smallest absolute Gasteiger partial charge is 0.247 e.